The highest BCUT2D eigenvalue weighted by Gasteiger charge is 2.33. The van der Waals surface area contributed by atoms with Crippen LogP contribution in [0, 0.1) is 0 Å². The molecule has 1 aromatic heterocycles. The molecule has 25 heavy (non-hydrogen) atoms. The van der Waals surface area contributed by atoms with Gasteiger partial charge in [-0.05, 0) is 24.6 Å². The zero-order valence-electron chi connectivity index (χ0n) is 14.1. The Kier molecular flexibility index (Phi) is 4.87. The summed E-state index contributed by atoms with van der Waals surface area (Å²) in [7, 11) is 1.60. The summed E-state index contributed by atoms with van der Waals surface area (Å²) in [5, 5.41) is 0. The molecule has 0 saturated carbocycles. The first-order valence-electron chi connectivity index (χ1n) is 7.94. The summed E-state index contributed by atoms with van der Waals surface area (Å²) in [5.74, 6) is 0.171. The molecule has 0 unspecified atom stereocenters. The summed E-state index contributed by atoms with van der Waals surface area (Å²) >= 11 is 0. The Bertz CT molecular complexity index is 773. The highest BCUT2D eigenvalue weighted by Crippen LogP contribution is 2.22. The highest BCUT2D eigenvalue weighted by atomic mass is 16.5. The van der Waals surface area contributed by atoms with Crippen molar-refractivity contribution in [2.75, 3.05) is 31.7 Å². The number of nitrogens with zero attached hydrogens (tertiary/aromatic N) is 3. The number of aromatic nitrogens is 1. The minimum absolute atomic E-state index is 0.0518. The number of ether oxygens (including phenoxy) is 2. The van der Waals surface area contributed by atoms with Gasteiger partial charge in [0, 0.05) is 19.6 Å². The van der Waals surface area contributed by atoms with E-state index in [9.17, 15) is 9.59 Å². The molecule has 0 atom stereocenters. The molecule has 0 aliphatic carbocycles. The fourth-order valence-electron chi connectivity index (χ4n) is 2.59. The van der Waals surface area contributed by atoms with Crippen LogP contribution in [0.3, 0.4) is 0 Å². The number of benzene rings is 1. The Morgan fingerprint density at radius 2 is 2.20 bits per heavy atom. The Morgan fingerprint density at radius 3 is 2.96 bits per heavy atom. The molecule has 2 amide bonds. The summed E-state index contributed by atoms with van der Waals surface area (Å²) in [6, 6.07) is 7.43. The molecular weight excluding hydrogens is 326 g/mol. The largest absolute Gasteiger partial charge is 0.497 e. The summed E-state index contributed by atoms with van der Waals surface area (Å²) in [5.41, 5.74) is 1.02. The van der Waals surface area contributed by atoms with Crippen LogP contribution in [0.1, 0.15) is 23.0 Å². The first kappa shape index (κ1) is 16.8. The summed E-state index contributed by atoms with van der Waals surface area (Å²) in [4.78, 5) is 31.4. The second-order valence-corrected chi connectivity index (χ2v) is 5.44. The Balaban J connectivity index is 1.68. The predicted octanol–water partition coefficient (Wildman–Crippen LogP) is 2.30. The number of methoxy groups -OCH3 is 1. The van der Waals surface area contributed by atoms with E-state index in [2.05, 4.69) is 4.98 Å². The van der Waals surface area contributed by atoms with Gasteiger partial charge in [0.15, 0.2) is 5.69 Å². The van der Waals surface area contributed by atoms with Gasteiger partial charge in [-0.1, -0.05) is 12.1 Å². The number of rotatable bonds is 6. The lowest BCUT2D eigenvalue weighted by Gasteiger charge is -2.16. The molecule has 0 spiro atoms. The van der Waals surface area contributed by atoms with Gasteiger partial charge in [-0.15, -0.1) is 0 Å². The van der Waals surface area contributed by atoms with Gasteiger partial charge in [-0.25, -0.2) is 14.5 Å². The number of amides is 2. The molecule has 2 heterocycles. The van der Waals surface area contributed by atoms with E-state index in [0.717, 1.165) is 11.3 Å². The molecule has 0 bridgehead atoms. The first-order chi connectivity index (χ1) is 12.1. The fraction of sp³-hybridized carbons (Fsp3) is 0.353. The van der Waals surface area contributed by atoms with Crippen LogP contribution in [0.15, 0.2) is 34.9 Å². The molecular formula is C17H19N3O5. The van der Waals surface area contributed by atoms with Gasteiger partial charge in [0.05, 0.1) is 13.7 Å². The van der Waals surface area contributed by atoms with E-state index < -0.39 is 5.97 Å². The third-order valence-corrected chi connectivity index (χ3v) is 3.81. The monoisotopic (exact) mass is 345 g/mol. The van der Waals surface area contributed by atoms with Crippen molar-refractivity contribution in [2.45, 2.75) is 13.5 Å². The van der Waals surface area contributed by atoms with Crippen LogP contribution in [0.25, 0.3) is 0 Å². The van der Waals surface area contributed by atoms with E-state index >= 15 is 0 Å². The van der Waals surface area contributed by atoms with Crippen molar-refractivity contribution in [3.05, 3.63) is 41.8 Å². The second kappa shape index (κ2) is 7.25. The summed E-state index contributed by atoms with van der Waals surface area (Å²) in [6.45, 7) is 3.38. The molecule has 2 aromatic rings. The zero-order valence-corrected chi connectivity index (χ0v) is 14.1. The number of hydrogen-bond acceptors (Lipinski definition) is 6. The van der Waals surface area contributed by atoms with Crippen LogP contribution in [0.2, 0.25) is 0 Å². The average molecular weight is 345 g/mol. The molecule has 8 nitrogen and oxygen atoms in total. The number of urea groups is 1. The van der Waals surface area contributed by atoms with E-state index in [4.69, 9.17) is 13.9 Å². The number of esters is 1. The maximum Gasteiger partial charge on any atom is 0.360 e. The molecule has 132 valence electrons. The average Bonchev–Trinajstić information content (AvgIpc) is 3.23. The molecule has 1 aliphatic heterocycles. The smallest absolute Gasteiger partial charge is 0.360 e. The number of hydrogen-bond donors (Lipinski definition) is 0. The number of carbonyl (C=O) groups excluding carboxylic acids is 2. The number of oxazole rings is 1. The number of carbonyl (C=O) groups is 2. The van der Waals surface area contributed by atoms with Crippen LogP contribution in [0.4, 0.5) is 10.8 Å². The molecule has 8 heteroatoms. The van der Waals surface area contributed by atoms with Crippen LogP contribution in [-0.2, 0) is 11.3 Å². The predicted molar refractivity (Wildman–Crippen MR) is 88.6 cm³/mol. The van der Waals surface area contributed by atoms with E-state index in [-0.39, 0.29) is 24.3 Å². The third kappa shape index (κ3) is 3.57. The standard InChI is InChI=1S/C17H19N3O5/c1-3-24-15(21)14-11-25-16(18-14)20-8-7-19(17(20)22)10-12-5-4-6-13(9-12)23-2/h4-6,9,11H,3,7-8,10H2,1-2H3. The Morgan fingerprint density at radius 1 is 1.36 bits per heavy atom. The van der Waals surface area contributed by atoms with Crippen molar-refractivity contribution in [1.82, 2.24) is 9.88 Å². The van der Waals surface area contributed by atoms with Gasteiger partial charge < -0.3 is 18.8 Å². The highest BCUT2D eigenvalue weighted by molar-refractivity contribution is 5.93. The molecule has 0 N–H and O–H groups in total. The van der Waals surface area contributed by atoms with E-state index in [1.807, 2.05) is 24.3 Å². The maximum absolute atomic E-state index is 12.6. The van der Waals surface area contributed by atoms with Crippen LogP contribution < -0.4 is 9.64 Å². The molecule has 1 saturated heterocycles. The van der Waals surface area contributed by atoms with Gasteiger partial charge in [-0.2, -0.15) is 4.98 Å². The van der Waals surface area contributed by atoms with E-state index in [1.165, 1.54) is 11.2 Å². The van der Waals surface area contributed by atoms with Crippen molar-refractivity contribution in [3.8, 4) is 5.75 Å². The second-order valence-electron chi connectivity index (χ2n) is 5.44. The SMILES string of the molecule is CCOC(=O)c1coc(N2CCN(Cc3cccc(OC)c3)C2=O)n1. The Hall–Kier alpha value is -3.03. The Labute approximate surface area is 144 Å². The van der Waals surface area contributed by atoms with Crippen molar-refractivity contribution < 1.29 is 23.5 Å². The van der Waals surface area contributed by atoms with Gasteiger partial charge in [-0.3, -0.25) is 0 Å². The number of anilines is 1. The topological polar surface area (TPSA) is 85.1 Å². The molecule has 3 rings (SSSR count). The lowest BCUT2D eigenvalue weighted by Crippen LogP contribution is -2.31. The molecule has 0 radical (unpaired) electrons. The maximum atomic E-state index is 12.6. The molecule has 1 aliphatic rings. The quantitative estimate of drug-likeness (QED) is 0.747. The van der Waals surface area contributed by atoms with Gasteiger partial charge in [0.25, 0.3) is 0 Å². The summed E-state index contributed by atoms with van der Waals surface area (Å²) in [6.07, 6.45) is 1.20. The van der Waals surface area contributed by atoms with Crippen LogP contribution >= 0.6 is 0 Å². The van der Waals surface area contributed by atoms with Gasteiger partial charge in [0.2, 0.25) is 0 Å². The van der Waals surface area contributed by atoms with E-state index in [0.29, 0.717) is 19.6 Å². The molecule has 1 aromatic carbocycles. The van der Waals surface area contributed by atoms with Gasteiger partial charge >= 0.3 is 18.0 Å². The van der Waals surface area contributed by atoms with Crippen molar-refractivity contribution in [3.63, 3.8) is 0 Å². The van der Waals surface area contributed by atoms with Crippen LogP contribution in [0.5, 0.6) is 5.75 Å². The van der Waals surface area contributed by atoms with Crippen molar-refractivity contribution >= 4 is 18.0 Å². The minimum atomic E-state index is -0.572. The van der Waals surface area contributed by atoms with Crippen molar-refractivity contribution in [2.24, 2.45) is 0 Å². The van der Waals surface area contributed by atoms with E-state index in [1.54, 1.807) is 18.9 Å². The van der Waals surface area contributed by atoms with Crippen molar-refractivity contribution in [1.29, 1.82) is 0 Å². The lowest BCUT2D eigenvalue weighted by atomic mass is 10.2. The first-order valence-corrected chi connectivity index (χ1v) is 7.94. The zero-order chi connectivity index (χ0) is 17.8. The normalized spacial score (nSPS) is 14.1. The summed E-state index contributed by atoms with van der Waals surface area (Å²) < 4.78 is 15.3. The minimum Gasteiger partial charge on any atom is -0.497 e. The lowest BCUT2D eigenvalue weighted by molar-refractivity contribution is 0.0519. The van der Waals surface area contributed by atoms with Gasteiger partial charge in [0.1, 0.15) is 12.0 Å². The third-order valence-electron chi connectivity index (χ3n) is 3.81. The fourth-order valence-corrected chi connectivity index (χ4v) is 2.59. The molecule has 1 fully saturated rings. The van der Waals surface area contributed by atoms with Crippen LogP contribution in [-0.4, -0.2) is 48.7 Å².